The molecule has 0 saturated heterocycles. The van der Waals surface area contributed by atoms with Crippen LogP contribution in [0.3, 0.4) is 0 Å². The zero-order valence-corrected chi connectivity index (χ0v) is 24.6. The van der Waals surface area contributed by atoms with Crippen LogP contribution in [0.1, 0.15) is 32.2 Å². The fraction of sp³-hybridized carbons (Fsp3) is 0.212. The van der Waals surface area contributed by atoms with Crippen LogP contribution >= 0.6 is 11.8 Å². The number of ketones is 1. The Labute approximate surface area is 248 Å². The van der Waals surface area contributed by atoms with Crippen LogP contribution < -0.4 is 14.4 Å². The van der Waals surface area contributed by atoms with Crippen molar-refractivity contribution in [2.24, 2.45) is 0 Å². The van der Waals surface area contributed by atoms with Crippen LogP contribution in [0, 0.1) is 10.1 Å². The van der Waals surface area contributed by atoms with Gasteiger partial charge in [-0.1, -0.05) is 36.4 Å². The first-order valence-electron chi connectivity index (χ1n) is 14.1. The maximum absolute atomic E-state index is 13.8. The number of hydrogen-bond acceptors (Lipinski definition) is 7. The molecule has 212 valence electrons. The van der Waals surface area contributed by atoms with E-state index in [4.69, 9.17) is 4.42 Å². The first-order valence-corrected chi connectivity index (χ1v) is 15.1. The maximum Gasteiger partial charge on any atom is 0.374 e. The molecule has 8 nitrogen and oxygen atoms in total. The highest BCUT2D eigenvalue weighted by atomic mass is 32.2. The predicted molar refractivity (Wildman–Crippen MR) is 167 cm³/mol. The standard InChI is InChI=1S/C33H31N4O4S/c1-4-34-26-11-7-8-12-27(26)35(5-2)30(34)19-24-32(38)25(20-31-36(6-3)28-13-9-10-14-29(28)41-31)33(24)42-21-22-15-17-23(18-16-22)37(39)40/h7-20H,4-6,21H2,1-3H3/q+1. The minimum absolute atomic E-state index is 0.0279. The van der Waals surface area contributed by atoms with Crippen molar-refractivity contribution in [3.05, 3.63) is 122 Å². The number of anilines is 2. The molecule has 2 heterocycles. The molecule has 0 radical (unpaired) electrons. The van der Waals surface area contributed by atoms with Crippen molar-refractivity contribution < 1.29 is 18.7 Å². The van der Waals surface area contributed by atoms with E-state index in [2.05, 4.69) is 47.3 Å². The zero-order chi connectivity index (χ0) is 29.4. The van der Waals surface area contributed by atoms with Gasteiger partial charge in [-0.25, -0.2) is 0 Å². The number of benzene rings is 3. The molecule has 6 rings (SSSR count). The van der Waals surface area contributed by atoms with E-state index in [1.807, 2.05) is 48.6 Å². The number of Topliss-reactive ketones (excluding diaryl/α,β-unsaturated/α-hetero) is 1. The minimum atomic E-state index is -0.399. The van der Waals surface area contributed by atoms with Crippen molar-refractivity contribution in [3.63, 3.8) is 0 Å². The molecule has 3 aromatic carbocycles. The average Bonchev–Trinajstić information content (AvgIpc) is 3.53. The number of thioether (sulfide) groups is 1. The highest BCUT2D eigenvalue weighted by Gasteiger charge is 2.37. The number of aromatic nitrogens is 1. The predicted octanol–water partition coefficient (Wildman–Crippen LogP) is 7.01. The Morgan fingerprint density at radius 1 is 0.905 bits per heavy atom. The van der Waals surface area contributed by atoms with Gasteiger partial charge in [0.2, 0.25) is 5.58 Å². The summed E-state index contributed by atoms with van der Waals surface area (Å²) < 4.78 is 8.24. The Morgan fingerprint density at radius 2 is 1.55 bits per heavy atom. The van der Waals surface area contributed by atoms with Crippen molar-refractivity contribution in [2.75, 3.05) is 22.9 Å². The summed E-state index contributed by atoms with van der Waals surface area (Å²) in [4.78, 5) is 29.9. The van der Waals surface area contributed by atoms with Gasteiger partial charge in [0.05, 0.1) is 22.4 Å². The summed E-state index contributed by atoms with van der Waals surface area (Å²) in [5, 5.41) is 11.1. The number of nitro benzene ring substituents is 1. The third kappa shape index (κ3) is 4.69. The van der Waals surface area contributed by atoms with Crippen LogP contribution in [-0.2, 0) is 17.1 Å². The summed E-state index contributed by atoms with van der Waals surface area (Å²) in [6.07, 6.45) is 3.86. The monoisotopic (exact) mass is 579 g/mol. The highest BCUT2D eigenvalue weighted by Crippen LogP contribution is 2.46. The van der Waals surface area contributed by atoms with E-state index in [-0.39, 0.29) is 11.5 Å². The van der Waals surface area contributed by atoms with Crippen LogP contribution in [0.25, 0.3) is 17.2 Å². The minimum Gasteiger partial charge on any atom is -0.398 e. The van der Waals surface area contributed by atoms with E-state index in [0.29, 0.717) is 29.3 Å². The molecule has 0 saturated carbocycles. The second-order valence-electron chi connectivity index (χ2n) is 9.97. The average molecular weight is 580 g/mol. The van der Waals surface area contributed by atoms with Gasteiger partial charge in [-0.15, -0.1) is 11.8 Å². The van der Waals surface area contributed by atoms with Crippen molar-refractivity contribution in [1.29, 1.82) is 0 Å². The number of nitrogens with zero attached hydrogens (tertiary/aromatic N) is 4. The summed E-state index contributed by atoms with van der Waals surface area (Å²) in [7, 11) is 0. The van der Waals surface area contributed by atoms with Crippen molar-refractivity contribution in [2.45, 2.75) is 33.1 Å². The summed E-state index contributed by atoms with van der Waals surface area (Å²) in [6, 6.07) is 22.7. The van der Waals surface area contributed by atoms with Gasteiger partial charge in [0.25, 0.3) is 11.2 Å². The Bertz CT molecular complexity index is 1770. The Morgan fingerprint density at radius 3 is 2.17 bits per heavy atom. The van der Waals surface area contributed by atoms with Crippen molar-refractivity contribution in [1.82, 2.24) is 0 Å². The maximum atomic E-state index is 13.8. The first kappa shape index (κ1) is 27.5. The number of carbonyl (C=O) groups excluding carboxylic acids is 1. The third-order valence-corrected chi connectivity index (χ3v) is 8.86. The Hall–Kier alpha value is -4.63. The molecule has 0 unspecified atom stereocenters. The van der Waals surface area contributed by atoms with Gasteiger partial charge >= 0.3 is 5.89 Å². The van der Waals surface area contributed by atoms with Crippen LogP contribution in [0.5, 0.6) is 0 Å². The lowest BCUT2D eigenvalue weighted by molar-refractivity contribution is -0.674. The topological polar surface area (TPSA) is 83.7 Å². The number of rotatable bonds is 9. The lowest BCUT2D eigenvalue weighted by Gasteiger charge is -2.28. The fourth-order valence-corrected chi connectivity index (χ4v) is 6.71. The van der Waals surface area contributed by atoms with Crippen molar-refractivity contribution >= 4 is 51.8 Å². The van der Waals surface area contributed by atoms with Crippen LogP contribution in [-0.4, -0.2) is 23.8 Å². The van der Waals surface area contributed by atoms with E-state index in [0.717, 1.165) is 51.9 Å². The number of hydrogen-bond donors (Lipinski definition) is 0. The molecule has 0 amide bonds. The quantitative estimate of drug-likeness (QED) is 0.0913. The van der Waals surface area contributed by atoms with Crippen molar-refractivity contribution in [3.8, 4) is 0 Å². The molecule has 1 aliphatic carbocycles. The van der Waals surface area contributed by atoms with E-state index < -0.39 is 4.92 Å². The summed E-state index contributed by atoms with van der Waals surface area (Å²) in [5.41, 5.74) is 6.27. The molecule has 1 aliphatic heterocycles. The molecular formula is C33H31N4O4S+. The van der Waals surface area contributed by atoms with Crippen LogP contribution in [0.4, 0.5) is 17.1 Å². The molecular weight excluding hydrogens is 548 g/mol. The molecule has 0 spiro atoms. The van der Waals surface area contributed by atoms with Crippen LogP contribution in [0.15, 0.2) is 105 Å². The highest BCUT2D eigenvalue weighted by molar-refractivity contribution is 8.02. The lowest BCUT2D eigenvalue weighted by Crippen LogP contribution is -2.34. The molecule has 0 N–H and O–H groups in total. The molecule has 0 atom stereocenters. The number of non-ortho nitro benzene ring substituents is 1. The molecule has 9 heteroatoms. The molecule has 0 fully saturated rings. The number of fused-ring (bicyclic) bond motifs is 2. The number of oxazole rings is 1. The van der Waals surface area contributed by atoms with E-state index in [1.54, 1.807) is 23.9 Å². The smallest absolute Gasteiger partial charge is 0.374 e. The second-order valence-corrected chi connectivity index (χ2v) is 11.0. The summed E-state index contributed by atoms with van der Waals surface area (Å²) in [6.45, 7) is 8.52. The summed E-state index contributed by atoms with van der Waals surface area (Å²) in [5.74, 6) is 2.14. The SMILES string of the molecule is CCN1C(=CC2=C(SCc3ccc([N+](=O)[O-])cc3)/C(=C\c3oc4ccccc4[n+]3CC)C2=O)N(CC)c2ccccc21. The van der Waals surface area contributed by atoms with Gasteiger partial charge in [0, 0.05) is 53.1 Å². The van der Waals surface area contributed by atoms with Gasteiger partial charge < -0.3 is 14.2 Å². The number of nitro groups is 1. The van der Waals surface area contributed by atoms with Gasteiger partial charge in [-0.05, 0) is 50.6 Å². The number of aryl methyl sites for hydroxylation is 1. The first-order chi connectivity index (χ1) is 20.4. The van der Waals surface area contributed by atoms with Crippen LogP contribution in [0.2, 0.25) is 0 Å². The molecule has 4 aromatic rings. The Kier molecular flexibility index (Phi) is 7.43. The van der Waals surface area contributed by atoms with Gasteiger partial charge in [-0.2, -0.15) is 4.57 Å². The third-order valence-electron chi connectivity index (χ3n) is 7.65. The second kappa shape index (κ2) is 11.3. The molecule has 2 aliphatic rings. The largest absolute Gasteiger partial charge is 0.398 e. The van der Waals surface area contributed by atoms with Gasteiger partial charge in [0.1, 0.15) is 12.4 Å². The van der Waals surface area contributed by atoms with Gasteiger partial charge in [-0.3, -0.25) is 14.9 Å². The molecule has 0 bridgehead atoms. The Balaban J connectivity index is 1.43. The summed E-state index contributed by atoms with van der Waals surface area (Å²) >= 11 is 1.56. The fourth-order valence-electron chi connectivity index (χ4n) is 5.59. The lowest BCUT2D eigenvalue weighted by atomic mass is 9.89. The number of para-hydroxylation sites is 4. The van der Waals surface area contributed by atoms with E-state index >= 15 is 0 Å². The molecule has 42 heavy (non-hydrogen) atoms. The van der Waals surface area contributed by atoms with Gasteiger partial charge in [0.15, 0.2) is 5.78 Å². The normalized spacial score (nSPS) is 15.5. The van der Waals surface area contributed by atoms with E-state index in [9.17, 15) is 14.9 Å². The number of carbonyl (C=O) groups is 1. The number of allylic oxidation sites excluding steroid dienone is 3. The molecule has 1 aromatic heterocycles. The van der Waals surface area contributed by atoms with E-state index in [1.165, 1.54) is 12.1 Å². The zero-order valence-electron chi connectivity index (χ0n) is 23.7.